The summed E-state index contributed by atoms with van der Waals surface area (Å²) in [4.78, 5) is 11.6. The summed E-state index contributed by atoms with van der Waals surface area (Å²) in [5.74, 6) is 0.0772. The highest BCUT2D eigenvalue weighted by atomic mass is 16.5. The zero-order valence-electron chi connectivity index (χ0n) is 9.95. The highest BCUT2D eigenvalue weighted by Gasteiger charge is 2.14. The van der Waals surface area contributed by atoms with E-state index in [9.17, 15) is 4.79 Å². The van der Waals surface area contributed by atoms with Gasteiger partial charge >= 0.3 is 0 Å². The van der Waals surface area contributed by atoms with Gasteiger partial charge in [-0.05, 0) is 26.2 Å². The van der Waals surface area contributed by atoms with Gasteiger partial charge in [-0.25, -0.2) is 0 Å². The predicted octanol–water partition coefficient (Wildman–Crippen LogP) is 0.936. The first kappa shape index (κ1) is 14.4. The number of hydrogen-bond donors (Lipinski definition) is 2. The van der Waals surface area contributed by atoms with Gasteiger partial charge in [0.15, 0.2) is 0 Å². The fourth-order valence-electron chi connectivity index (χ4n) is 1.32. The SMILES string of the molecule is COCCCC(C)C(=O)NC(C)CCO. The molecule has 90 valence electrons. The van der Waals surface area contributed by atoms with Crippen molar-refractivity contribution in [2.45, 2.75) is 39.2 Å². The molecule has 0 aromatic heterocycles. The number of carbonyl (C=O) groups excluding carboxylic acids is 1. The molecule has 0 fully saturated rings. The second kappa shape index (κ2) is 8.68. The van der Waals surface area contributed by atoms with E-state index >= 15 is 0 Å². The number of aliphatic hydroxyl groups excluding tert-OH is 1. The van der Waals surface area contributed by atoms with Gasteiger partial charge in [-0.2, -0.15) is 0 Å². The fraction of sp³-hybridized carbons (Fsp3) is 0.909. The number of carbonyl (C=O) groups is 1. The van der Waals surface area contributed by atoms with Crippen LogP contribution in [0.5, 0.6) is 0 Å². The van der Waals surface area contributed by atoms with Gasteiger partial charge in [-0.15, -0.1) is 0 Å². The second-order valence-corrected chi connectivity index (χ2v) is 3.96. The summed E-state index contributed by atoms with van der Waals surface area (Å²) < 4.78 is 4.93. The third kappa shape index (κ3) is 7.33. The van der Waals surface area contributed by atoms with Gasteiger partial charge in [0.2, 0.25) is 5.91 Å². The van der Waals surface area contributed by atoms with E-state index < -0.39 is 0 Å². The molecule has 2 atom stereocenters. The van der Waals surface area contributed by atoms with Crippen molar-refractivity contribution in [2.75, 3.05) is 20.3 Å². The molecule has 0 saturated carbocycles. The third-order valence-electron chi connectivity index (χ3n) is 2.38. The van der Waals surface area contributed by atoms with E-state index in [1.165, 1.54) is 0 Å². The van der Waals surface area contributed by atoms with Crippen molar-refractivity contribution >= 4 is 5.91 Å². The minimum atomic E-state index is 0.0151. The molecular formula is C11H23NO3. The Morgan fingerprint density at radius 1 is 1.40 bits per heavy atom. The van der Waals surface area contributed by atoms with Gasteiger partial charge in [-0.3, -0.25) is 4.79 Å². The van der Waals surface area contributed by atoms with Crippen molar-refractivity contribution in [3.8, 4) is 0 Å². The van der Waals surface area contributed by atoms with Gasteiger partial charge < -0.3 is 15.2 Å². The number of aliphatic hydroxyl groups is 1. The molecule has 0 bridgehead atoms. The van der Waals surface area contributed by atoms with E-state index in [-0.39, 0.29) is 24.5 Å². The zero-order valence-corrected chi connectivity index (χ0v) is 9.95. The lowest BCUT2D eigenvalue weighted by atomic mass is 10.0. The Bertz CT molecular complexity index is 173. The third-order valence-corrected chi connectivity index (χ3v) is 2.38. The van der Waals surface area contributed by atoms with Crippen LogP contribution in [0, 0.1) is 5.92 Å². The van der Waals surface area contributed by atoms with Crippen LogP contribution in [0.1, 0.15) is 33.1 Å². The van der Waals surface area contributed by atoms with Crippen molar-refractivity contribution in [1.29, 1.82) is 0 Å². The summed E-state index contributed by atoms with van der Waals surface area (Å²) in [6.07, 6.45) is 2.35. The lowest BCUT2D eigenvalue weighted by molar-refractivity contribution is -0.125. The first-order valence-corrected chi connectivity index (χ1v) is 5.52. The number of nitrogens with one attached hydrogen (secondary N) is 1. The van der Waals surface area contributed by atoms with E-state index in [0.29, 0.717) is 13.0 Å². The molecule has 0 saturated heterocycles. The fourth-order valence-corrected chi connectivity index (χ4v) is 1.32. The lowest BCUT2D eigenvalue weighted by Crippen LogP contribution is -2.36. The van der Waals surface area contributed by atoms with Crippen LogP contribution in [0.2, 0.25) is 0 Å². The van der Waals surface area contributed by atoms with Gasteiger partial charge in [0.05, 0.1) is 0 Å². The Labute approximate surface area is 92.0 Å². The van der Waals surface area contributed by atoms with Crippen LogP contribution in [-0.4, -0.2) is 37.4 Å². The van der Waals surface area contributed by atoms with E-state index in [0.717, 1.165) is 12.8 Å². The molecule has 0 aliphatic heterocycles. The molecule has 1 amide bonds. The van der Waals surface area contributed by atoms with Gasteiger partial charge in [0, 0.05) is 32.3 Å². The first-order chi connectivity index (χ1) is 7.11. The molecule has 0 rings (SSSR count). The monoisotopic (exact) mass is 217 g/mol. The van der Waals surface area contributed by atoms with Crippen molar-refractivity contribution < 1.29 is 14.6 Å². The second-order valence-electron chi connectivity index (χ2n) is 3.96. The minimum Gasteiger partial charge on any atom is -0.396 e. The highest BCUT2D eigenvalue weighted by Crippen LogP contribution is 2.06. The summed E-state index contributed by atoms with van der Waals surface area (Å²) in [5.41, 5.74) is 0. The number of ether oxygens (including phenoxy) is 1. The summed E-state index contributed by atoms with van der Waals surface area (Å²) >= 11 is 0. The van der Waals surface area contributed by atoms with Gasteiger partial charge in [0.1, 0.15) is 0 Å². The standard InChI is InChI=1S/C11H23NO3/c1-9(5-4-8-15-3)11(14)12-10(2)6-7-13/h9-10,13H,4-8H2,1-3H3,(H,12,14). The minimum absolute atomic E-state index is 0.0151. The number of rotatable bonds is 8. The quantitative estimate of drug-likeness (QED) is 0.595. The molecule has 0 radical (unpaired) electrons. The Morgan fingerprint density at radius 2 is 2.07 bits per heavy atom. The molecule has 4 nitrogen and oxygen atoms in total. The summed E-state index contributed by atoms with van der Waals surface area (Å²) in [5, 5.41) is 11.6. The average molecular weight is 217 g/mol. The van der Waals surface area contributed by atoms with Crippen LogP contribution in [0.3, 0.4) is 0 Å². The molecule has 0 spiro atoms. The maximum atomic E-state index is 11.6. The van der Waals surface area contributed by atoms with Crippen LogP contribution in [0.15, 0.2) is 0 Å². The van der Waals surface area contributed by atoms with Gasteiger partial charge in [-0.1, -0.05) is 6.92 Å². The maximum Gasteiger partial charge on any atom is 0.223 e. The van der Waals surface area contributed by atoms with Crippen LogP contribution in [0.4, 0.5) is 0 Å². The summed E-state index contributed by atoms with van der Waals surface area (Å²) in [6, 6.07) is 0.0485. The van der Waals surface area contributed by atoms with E-state index in [4.69, 9.17) is 9.84 Å². The summed E-state index contributed by atoms with van der Waals surface area (Å²) in [7, 11) is 1.66. The van der Waals surface area contributed by atoms with Crippen molar-refractivity contribution in [3.05, 3.63) is 0 Å². The number of amides is 1. The normalized spacial score (nSPS) is 14.7. The van der Waals surface area contributed by atoms with E-state index in [1.807, 2.05) is 13.8 Å². The number of methoxy groups -OCH3 is 1. The zero-order chi connectivity index (χ0) is 11.7. The topological polar surface area (TPSA) is 58.6 Å². The summed E-state index contributed by atoms with van der Waals surface area (Å²) in [6.45, 7) is 4.62. The molecule has 0 heterocycles. The Hall–Kier alpha value is -0.610. The molecular weight excluding hydrogens is 194 g/mol. The molecule has 0 aromatic carbocycles. The molecule has 2 unspecified atom stereocenters. The Kier molecular flexibility index (Phi) is 8.33. The first-order valence-electron chi connectivity index (χ1n) is 5.52. The predicted molar refractivity (Wildman–Crippen MR) is 59.6 cm³/mol. The Balaban J connectivity index is 3.68. The average Bonchev–Trinajstić information content (AvgIpc) is 2.18. The highest BCUT2D eigenvalue weighted by molar-refractivity contribution is 5.78. The molecule has 0 aromatic rings. The number of hydrogen-bond acceptors (Lipinski definition) is 3. The van der Waals surface area contributed by atoms with Crippen molar-refractivity contribution in [1.82, 2.24) is 5.32 Å². The van der Waals surface area contributed by atoms with E-state index in [2.05, 4.69) is 5.32 Å². The van der Waals surface area contributed by atoms with Crippen LogP contribution in [0.25, 0.3) is 0 Å². The lowest BCUT2D eigenvalue weighted by Gasteiger charge is -2.16. The molecule has 0 aliphatic rings. The largest absolute Gasteiger partial charge is 0.396 e. The maximum absolute atomic E-state index is 11.6. The molecule has 15 heavy (non-hydrogen) atoms. The van der Waals surface area contributed by atoms with E-state index in [1.54, 1.807) is 7.11 Å². The molecule has 2 N–H and O–H groups in total. The van der Waals surface area contributed by atoms with Crippen LogP contribution >= 0.6 is 0 Å². The Morgan fingerprint density at radius 3 is 2.60 bits per heavy atom. The van der Waals surface area contributed by atoms with Crippen molar-refractivity contribution in [3.63, 3.8) is 0 Å². The smallest absolute Gasteiger partial charge is 0.223 e. The van der Waals surface area contributed by atoms with Crippen LogP contribution < -0.4 is 5.32 Å². The molecule has 0 aliphatic carbocycles. The van der Waals surface area contributed by atoms with Crippen LogP contribution in [-0.2, 0) is 9.53 Å². The van der Waals surface area contributed by atoms with Gasteiger partial charge in [0.25, 0.3) is 0 Å². The molecule has 4 heteroatoms. The van der Waals surface area contributed by atoms with Crippen molar-refractivity contribution in [2.24, 2.45) is 5.92 Å².